The molecule has 0 saturated carbocycles. The van der Waals surface area contributed by atoms with Crippen LogP contribution in [0.25, 0.3) is 16.6 Å². The molecule has 3 rings (SSSR count). The highest BCUT2D eigenvalue weighted by molar-refractivity contribution is 5.93. The Kier molecular flexibility index (Phi) is 4.24. The molecule has 1 amide bonds. The summed E-state index contributed by atoms with van der Waals surface area (Å²) >= 11 is 0. The predicted octanol–water partition coefficient (Wildman–Crippen LogP) is 2.90. The Balaban J connectivity index is 1.95. The molecular formula is C18H21N3O4. The number of carboxylic acids is 1. The Morgan fingerprint density at radius 2 is 2.16 bits per heavy atom. The van der Waals surface area contributed by atoms with Gasteiger partial charge in [-0.15, -0.1) is 0 Å². The molecule has 0 fully saturated rings. The highest BCUT2D eigenvalue weighted by Gasteiger charge is 2.32. The quantitative estimate of drug-likeness (QED) is 0.874. The van der Waals surface area contributed by atoms with Crippen molar-refractivity contribution in [3.05, 3.63) is 36.2 Å². The Bertz CT molecular complexity index is 847. The second kappa shape index (κ2) is 6.23. The van der Waals surface area contributed by atoms with E-state index in [4.69, 9.17) is 4.74 Å². The molecule has 7 nitrogen and oxygen atoms in total. The lowest BCUT2D eigenvalue weighted by atomic mass is 9.95. The lowest BCUT2D eigenvalue weighted by molar-refractivity contribution is -0.140. The van der Waals surface area contributed by atoms with Gasteiger partial charge in [0.1, 0.15) is 11.2 Å². The summed E-state index contributed by atoms with van der Waals surface area (Å²) in [6.07, 6.45) is 4.67. The summed E-state index contributed by atoms with van der Waals surface area (Å²) in [7, 11) is 0. The first-order valence-corrected chi connectivity index (χ1v) is 8.08. The summed E-state index contributed by atoms with van der Waals surface area (Å²) in [5.41, 5.74) is 1.70. The molecule has 25 heavy (non-hydrogen) atoms. The van der Waals surface area contributed by atoms with Crippen LogP contribution in [-0.4, -0.2) is 50.7 Å². The topological polar surface area (TPSA) is 95.5 Å². The third-order valence-corrected chi connectivity index (χ3v) is 3.95. The zero-order chi connectivity index (χ0) is 18.2. The van der Waals surface area contributed by atoms with E-state index in [0.29, 0.717) is 6.54 Å². The van der Waals surface area contributed by atoms with Gasteiger partial charge in [0.2, 0.25) is 0 Å². The van der Waals surface area contributed by atoms with E-state index in [2.05, 4.69) is 9.97 Å². The minimum atomic E-state index is -0.969. The van der Waals surface area contributed by atoms with Crippen molar-refractivity contribution in [2.75, 3.05) is 13.1 Å². The van der Waals surface area contributed by atoms with Gasteiger partial charge in [-0.3, -0.25) is 4.79 Å². The predicted molar refractivity (Wildman–Crippen MR) is 93.0 cm³/mol. The van der Waals surface area contributed by atoms with Gasteiger partial charge in [-0.25, -0.2) is 9.78 Å². The van der Waals surface area contributed by atoms with Crippen LogP contribution in [-0.2, 0) is 9.53 Å². The van der Waals surface area contributed by atoms with Crippen molar-refractivity contribution < 1.29 is 19.4 Å². The Hall–Kier alpha value is -2.83. The largest absolute Gasteiger partial charge is 0.481 e. The van der Waals surface area contributed by atoms with Crippen molar-refractivity contribution in [3.8, 4) is 0 Å². The monoisotopic (exact) mass is 343 g/mol. The second-order valence-electron chi connectivity index (χ2n) is 7.10. The number of pyridine rings is 1. The van der Waals surface area contributed by atoms with E-state index in [1.54, 1.807) is 39.2 Å². The van der Waals surface area contributed by atoms with Crippen LogP contribution in [0.5, 0.6) is 0 Å². The standard InChI is InChI=1S/C18H21N3O4/c1-18(2,3)25-17(24)21-9-11(7-12(10-21)16(22)23)14-8-20-15-13(14)5-4-6-19-15/h4-8,12H,9-10H2,1-3H3,(H,19,20)(H,22,23). The van der Waals surface area contributed by atoms with Crippen molar-refractivity contribution in [1.82, 2.24) is 14.9 Å². The zero-order valence-electron chi connectivity index (χ0n) is 14.4. The first-order chi connectivity index (χ1) is 11.7. The van der Waals surface area contributed by atoms with Crippen molar-refractivity contribution in [2.45, 2.75) is 26.4 Å². The van der Waals surface area contributed by atoms with E-state index in [1.165, 1.54) is 4.90 Å². The number of aromatic nitrogens is 2. The maximum atomic E-state index is 12.4. The van der Waals surface area contributed by atoms with Crippen LogP contribution in [0.3, 0.4) is 0 Å². The molecule has 7 heteroatoms. The normalized spacial score (nSPS) is 18.1. The number of carboxylic acid groups (broad SMARTS) is 1. The summed E-state index contributed by atoms with van der Waals surface area (Å²) < 4.78 is 5.41. The molecule has 0 aromatic carbocycles. The van der Waals surface area contributed by atoms with Crippen LogP contribution in [0.2, 0.25) is 0 Å². The number of H-pyrrole nitrogens is 1. The van der Waals surface area contributed by atoms with E-state index >= 15 is 0 Å². The summed E-state index contributed by atoms with van der Waals surface area (Å²) in [5.74, 6) is -1.75. The third-order valence-electron chi connectivity index (χ3n) is 3.95. The highest BCUT2D eigenvalue weighted by atomic mass is 16.6. The first kappa shape index (κ1) is 17.0. The minimum absolute atomic E-state index is 0.0916. The number of amides is 1. The molecule has 0 aliphatic carbocycles. The van der Waals surface area contributed by atoms with Crippen molar-refractivity contribution >= 4 is 28.7 Å². The van der Waals surface area contributed by atoms with Crippen LogP contribution in [0.1, 0.15) is 26.3 Å². The fourth-order valence-electron chi connectivity index (χ4n) is 2.87. The van der Waals surface area contributed by atoms with Crippen molar-refractivity contribution in [2.24, 2.45) is 5.92 Å². The smallest absolute Gasteiger partial charge is 0.410 e. The zero-order valence-corrected chi connectivity index (χ0v) is 14.4. The van der Waals surface area contributed by atoms with E-state index < -0.39 is 23.6 Å². The number of carbonyl (C=O) groups excluding carboxylic acids is 1. The van der Waals surface area contributed by atoms with Crippen LogP contribution in [0, 0.1) is 5.92 Å². The number of nitrogens with zero attached hydrogens (tertiary/aromatic N) is 2. The average molecular weight is 343 g/mol. The number of fused-ring (bicyclic) bond motifs is 1. The third kappa shape index (κ3) is 3.65. The molecule has 0 spiro atoms. The molecular weight excluding hydrogens is 322 g/mol. The van der Waals surface area contributed by atoms with Crippen molar-refractivity contribution in [1.29, 1.82) is 0 Å². The van der Waals surface area contributed by atoms with E-state index in [0.717, 1.165) is 22.2 Å². The van der Waals surface area contributed by atoms with Gasteiger partial charge in [-0.2, -0.15) is 0 Å². The number of nitrogens with one attached hydrogen (secondary N) is 1. The fourth-order valence-corrected chi connectivity index (χ4v) is 2.87. The van der Waals surface area contributed by atoms with Gasteiger partial charge in [0.25, 0.3) is 0 Å². The molecule has 1 aliphatic heterocycles. The number of aromatic amines is 1. The maximum Gasteiger partial charge on any atom is 0.410 e. The van der Waals surface area contributed by atoms with Gasteiger partial charge in [0.15, 0.2) is 0 Å². The Morgan fingerprint density at radius 1 is 1.40 bits per heavy atom. The van der Waals surface area contributed by atoms with Gasteiger partial charge >= 0.3 is 12.1 Å². The second-order valence-corrected chi connectivity index (χ2v) is 7.10. The number of hydrogen-bond acceptors (Lipinski definition) is 4. The molecule has 2 aromatic heterocycles. The van der Waals surface area contributed by atoms with Crippen LogP contribution >= 0.6 is 0 Å². The maximum absolute atomic E-state index is 12.4. The summed E-state index contributed by atoms with van der Waals surface area (Å²) in [4.78, 5) is 32.7. The Morgan fingerprint density at radius 3 is 2.84 bits per heavy atom. The van der Waals surface area contributed by atoms with E-state index in [9.17, 15) is 14.7 Å². The first-order valence-electron chi connectivity index (χ1n) is 8.08. The summed E-state index contributed by atoms with van der Waals surface area (Å²) in [6, 6.07) is 3.74. The number of ether oxygens (including phenoxy) is 1. The van der Waals surface area contributed by atoms with Gasteiger partial charge in [-0.05, 0) is 38.5 Å². The number of carbonyl (C=O) groups is 2. The highest BCUT2D eigenvalue weighted by Crippen LogP contribution is 2.29. The van der Waals surface area contributed by atoms with Gasteiger partial charge in [-0.1, -0.05) is 6.08 Å². The molecule has 0 saturated heterocycles. The molecule has 1 unspecified atom stereocenters. The summed E-state index contributed by atoms with van der Waals surface area (Å²) in [6.45, 7) is 5.73. The molecule has 0 bridgehead atoms. The van der Waals surface area contributed by atoms with Gasteiger partial charge < -0.3 is 19.7 Å². The van der Waals surface area contributed by atoms with Crippen LogP contribution < -0.4 is 0 Å². The molecule has 2 N–H and O–H groups in total. The van der Waals surface area contributed by atoms with Crippen LogP contribution in [0.4, 0.5) is 4.79 Å². The van der Waals surface area contributed by atoms with E-state index in [-0.39, 0.29) is 6.54 Å². The average Bonchev–Trinajstić information content (AvgIpc) is 2.97. The number of aliphatic carboxylic acids is 1. The van der Waals surface area contributed by atoms with E-state index in [1.807, 2.05) is 12.1 Å². The molecule has 1 atom stereocenters. The lowest BCUT2D eigenvalue weighted by Gasteiger charge is -2.32. The fraction of sp³-hybridized carbons (Fsp3) is 0.389. The number of rotatable bonds is 2. The van der Waals surface area contributed by atoms with Gasteiger partial charge in [0, 0.05) is 36.4 Å². The molecule has 0 radical (unpaired) electrons. The van der Waals surface area contributed by atoms with Crippen molar-refractivity contribution in [3.63, 3.8) is 0 Å². The molecule has 1 aliphatic rings. The minimum Gasteiger partial charge on any atom is -0.481 e. The lowest BCUT2D eigenvalue weighted by Crippen LogP contribution is -2.43. The Labute approximate surface area is 145 Å². The molecule has 132 valence electrons. The number of hydrogen-bond donors (Lipinski definition) is 2. The molecule has 2 aromatic rings. The molecule has 3 heterocycles. The summed E-state index contributed by atoms with van der Waals surface area (Å²) in [5, 5.41) is 10.3. The van der Waals surface area contributed by atoms with Crippen LogP contribution in [0.15, 0.2) is 30.6 Å². The van der Waals surface area contributed by atoms with Gasteiger partial charge in [0.05, 0.1) is 5.92 Å². The SMILES string of the molecule is CC(C)(C)OC(=O)N1CC(c2c[nH]c3ncccc23)=CC(C(=O)O)C1.